The monoisotopic (exact) mass is 177 g/mol. The summed E-state index contributed by atoms with van der Waals surface area (Å²) in [5, 5.41) is 4.32. The Kier molecular flexibility index (Phi) is 1.90. The molecule has 0 saturated carbocycles. The molecule has 2 N–H and O–H groups in total. The van der Waals surface area contributed by atoms with Crippen LogP contribution in [0.4, 0.5) is 10.5 Å². The van der Waals surface area contributed by atoms with E-state index in [0.29, 0.717) is 6.54 Å². The van der Waals surface area contributed by atoms with Crippen molar-refractivity contribution in [2.75, 3.05) is 12.4 Å². The molecule has 0 spiro atoms. The van der Waals surface area contributed by atoms with Gasteiger partial charge in [0.15, 0.2) is 0 Å². The second kappa shape index (κ2) is 3.06. The fourth-order valence-electron chi connectivity index (χ4n) is 1.39. The van der Waals surface area contributed by atoms with Gasteiger partial charge in [-0.3, -0.25) is 5.01 Å². The molecule has 0 atom stereocenters. The van der Waals surface area contributed by atoms with Gasteiger partial charge in [-0.1, -0.05) is 18.2 Å². The average molecular weight is 177 g/mol. The highest BCUT2D eigenvalue weighted by molar-refractivity contribution is 5.91. The van der Waals surface area contributed by atoms with E-state index < -0.39 is 0 Å². The number of hydrogen-bond acceptors (Lipinski definition) is 2. The van der Waals surface area contributed by atoms with Gasteiger partial charge in [0.25, 0.3) is 0 Å². The van der Waals surface area contributed by atoms with Gasteiger partial charge in [-0.2, -0.15) is 0 Å². The molecule has 1 aliphatic heterocycles. The lowest BCUT2D eigenvalue weighted by atomic mass is 10.1. The molecule has 0 bridgehead atoms. The summed E-state index contributed by atoms with van der Waals surface area (Å²) in [7, 11) is 1.73. The van der Waals surface area contributed by atoms with Gasteiger partial charge in [-0.15, -0.1) is 0 Å². The van der Waals surface area contributed by atoms with Crippen LogP contribution in [0.1, 0.15) is 5.56 Å². The van der Waals surface area contributed by atoms with Gasteiger partial charge in [-0.05, 0) is 11.6 Å². The number of hydrazine groups is 1. The molecule has 4 nitrogen and oxygen atoms in total. The van der Waals surface area contributed by atoms with Gasteiger partial charge >= 0.3 is 6.03 Å². The van der Waals surface area contributed by atoms with Crippen LogP contribution in [-0.4, -0.2) is 18.1 Å². The van der Waals surface area contributed by atoms with E-state index in [0.717, 1.165) is 11.3 Å². The molecule has 0 unspecified atom stereocenters. The fourth-order valence-corrected chi connectivity index (χ4v) is 1.39. The molecule has 1 aliphatic rings. The maximum Gasteiger partial charge on any atom is 0.336 e. The molecule has 13 heavy (non-hydrogen) atoms. The molecule has 0 aromatic heterocycles. The summed E-state index contributed by atoms with van der Waals surface area (Å²) in [6.07, 6.45) is 0. The molecule has 0 aliphatic carbocycles. The minimum absolute atomic E-state index is 0.110. The van der Waals surface area contributed by atoms with Gasteiger partial charge < -0.3 is 5.32 Å². The number of amides is 2. The Balaban J connectivity index is 2.33. The molecule has 1 aromatic carbocycles. The maximum absolute atomic E-state index is 11.3. The molecule has 0 fully saturated rings. The minimum Gasteiger partial charge on any atom is -0.306 e. The Morgan fingerprint density at radius 2 is 2.23 bits per heavy atom. The topological polar surface area (TPSA) is 44.4 Å². The van der Waals surface area contributed by atoms with E-state index in [2.05, 4.69) is 10.7 Å². The second-order valence-corrected chi connectivity index (χ2v) is 2.90. The van der Waals surface area contributed by atoms with Crippen molar-refractivity contribution in [3.05, 3.63) is 29.8 Å². The summed E-state index contributed by atoms with van der Waals surface area (Å²) in [6.45, 7) is 0.610. The number of para-hydroxylation sites is 1. The predicted molar refractivity (Wildman–Crippen MR) is 50.1 cm³/mol. The van der Waals surface area contributed by atoms with Crippen molar-refractivity contribution in [2.45, 2.75) is 6.54 Å². The van der Waals surface area contributed by atoms with Crippen molar-refractivity contribution in [3.8, 4) is 0 Å². The van der Waals surface area contributed by atoms with Crippen LogP contribution in [0, 0.1) is 0 Å². The second-order valence-electron chi connectivity index (χ2n) is 2.90. The molecular formula is C9H11N3O. The fraction of sp³-hybridized carbons (Fsp3) is 0.222. The number of urea groups is 1. The lowest BCUT2D eigenvalue weighted by Crippen LogP contribution is -2.45. The van der Waals surface area contributed by atoms with E-state index in [4.69, 9.17) is 0 Å². The highest BCUT2D eigenvalue weighted by Crippen LogP contribution is 2.20. The zero-order chi connectivity index (χ0) is 9.26. The van der Waals surface area contributed by atoms with E-state index in [1.807, 2.05) is 24.3 Å². The normalized spacial score (nSPS) is 15.2. The lowest BCUT2D eigenvalue weighted by Gasteiger charge is -2.28. The standard InChI is InChI=1S/C9H11N3O/c1-10-12-6-7-4-2-3-5-8(7)11-9(12)13/h2-5,10H,6H2,1H3,(H,11,13). The highest BCUT2D eigenvalue weighted by Gasteiger charge is 2.20. The quantitative estimate of drug-likeness (QED) is 0.676. The molecule has 68 valence electrons. The minimum atomic E-state index is -0.110. The first-order valence-electron chi connectivity index (χ1n) is 4.15. The van der Waals surface area contributed by atoms with E-state index in [9.17, 15) is 4.79 Å². The Morgan fingerprint density at radius 3 is 3.00 bits per heavy atom. The van der Waals surface area contributed by atoms with Crippen LogP contribution in [0.15, 0.2) is 24.3 Å². The average Bonchev–Trinajstić information content (AvgIpc) is 2.17. The number of nitrogens with one attached hydrogen (secondary N) is 2. The SMILES string of the molecule is CNN1Cc2ccccc2NC1=O. The summed E-state index contributed by atoms with van der Waals surface area (Å²) in [5.41, 5.74) is 4.84. The zero-order valence-electron chi connectivity index (χ0n) is 7.37. The molecule has 2 amide bonds. The third kappa shape index (κ3) is 1.36. The number of anilines is 1. The number of fused-ring (bicyclic) bond motifs is 1. The maximum atomic E-state index is 11.3. The van der Waals surface area contributed by atoms with Crippen molar-refractivity contribution in [2.24, 2.45) is 0 Å². The smallest absolute Gasteiger partial charge is 0.306 e. The van der Waals surface area contributed by atoms with Crippen molar-refractivity contribution < 1.29 is 4.79 Å². The van der Waals surface area contributed by atoms with Crippen LogP contribution in [0.3, 0.4) is 0 Å². The Bertz CT molecular complexity index is 337. The Morgan fingerprint density at radius 1 is 1.46 bits per heavy atom. The molecule has 2 rings (SSSR count). The zero-order valence-corrected chi connectivity index (χ0v) is 7.37. The largest absolute Gasteiger partial charge is 0.336 e. The first-order valence-corrected chi connectivity index (χ1v) is 4.15. The van der Waals surface area contributed by atoms with Crippen LogP contribution in [-0.2, 0) is 6.54 Å². The number of carbonyl (C=O) groups is 1. The molecular weight excluding hydrogens is 166 g/mol. The van der Waals surface area contributed by atoms with E-state index >= 15 is 0 Å². The van der Waals surface area contributed by atoms with Crippen LogP contribution in [0.25, 0.3) is 0 Å². The first kappa shape index (κ1) is 8.07. The van der Waals surface area contributed by atoms with Gasteiger partial charge in [0.1, 0.15) is 0 Å². The van der Waals surface area contributed by atoms with Gasteiger partial charge in [0.05, 0.1) is 6.54 Å². The van der Waals surface area contributed by atoms with Crippen molar-refractivity contribution in [1.82, 2.24) is 10.4 Å². The van der Waals surface area contributed by atoms with E-state index in [-0.39, 0.29) is 6.03 Å². The van der Waals surface area contributed by atoms with E-state index in [1.54, 1.807) is 7.05 Å². The van der Waals surface area contributed by atoms with Crippen molar-refractivity contribution in [3.63, 3.8) is 0 Å². The summed E-state index contributed by atoms with van der Waals surface area (Å²) < 4.78 is 0. The molecule has 0 radical (unpaired) electrons. The van der Waals surface area contributed by atoms with Crippen LogP contribution in [0.2, 0.25) is 0 Å². The van der Waals surface area contributed by atoms with Crippen molar-refractivity contribution in [1.29, 1.82) is 0 Å². The number of rotatable bonds is 1. The number of carbonyl (C=O) groups excluding carboxylic acids is 1. The molecule has 1 heterocycles. The summed E-state index contributed by atoms with van der Waals surface area (Å²) in [4.78, 5) is 11.3. The third-order valence-corrected chi connectivity index (χ3v) is 2.10. The van der Waals surface area contributed by atoms with Gasteiger partial charge in [0, 0.05) is 12.7 Å². The highest BCUT2D eigenvalue weighted by atomic mass is 16.2. The predicted octanol–water partition coefficient (Wildman–Crippen LogP) is 1.17. The molecule has 4 heteroatoms. The number of nitrogens with zero attached hydrogens (tertiary/aromatic N) is 1. The summed E-state index contributed by atoms with van der Waals surface area (Å²) >= 11 is 0. The lowest BCUT2D eigenvalue weighted by molar-refractivity contribution is 0.185. The molecule has 0 saturated heterocycles. The molecule has 1 aromatic rings. The number of benzene rings is 1. The summed E-state index contributed by atoms with van der Waals surface area (Å²) in [6, 6.07) is 7.67. The van der Waals surface area contributed by atoms with E-state index in [1.165, 1.54) is 5.01 Å². The first-order chi connectivity index (χ1) is 6.31. The van der Waals surface area contributed by atoms with Gasteiger partial charge in [0.2, 0.25) is 0 Å². The van der Waals surface area contributed by atoms with Crippen LogP contribution >= 0.6 is 0 Å². The Hall–Kier alpha value is -1.55. The third-order valence-electron chi connectivity index (χ3n) is 2.10. The Labute approximate surface area is 76.5 Å². The van der Waals surface area contributed by atoms with Crippen molar-refractivity contribution >= 4 is 11.7 Å². The van der Waals surface area contributed by atoms with Crippen LogP contribution < -0.4 is 10.7 Å². The van der Waals surface area contributed by atoms with Gasteiger partial charge in [-0.25, -0.2) is 10.2 Å². The van der Waals surface area contributed by atoms with Crippen LogP contribution in [0.5, 0.6) is 0 Å². The summed E-state index contributed by atoms with van der Waals surface area (Å²) in [5.74, 6) is 0. The number of hydrogen-bond donors (Lipinski definition) is 2.